The fourth-order valence-electron chi connectivity index (χ4n) is 4.53. The molecular formula is C32H29N5O3. The molecule has 0 fully saturated rings. The number of anilines is 3. The third kappa shape index (κ3) is 5.76. The maximum Gasteiger partial charge on any atom is 0.321 e. The molecule has 1 atom stereocenters. The molecule has 0 saturated carbocycles. The van der Waals surface area contributed by atoms with Crippen LogP contribution >= 0.6 is 0 Å². The third-order valence-corrected chi connectivity index (χ3v) is 6.61. The third-order valence-electron chi connectivity index (χ3n) is 6.61. The Morgan fingerprint density at radius 2 is 1.55 bits per heavy atom. The number of fused-ring (bicyclic) bond motifs is 1. The molecule has 3 N–H and O–H groups in total. The van der Waals surface area contributed by atoms with Crippen LogP contribution in [-0.2, 0) is 4.79 Å². The van der Waals surface area contributed by atoms with Gasteiger partial charge in [-0.3, -0.25) is 9.59 Å². The number of ketones is 1. The lowest BCUT2D eigenvalue weighted by Crippen LogP contribution is -2.49. The number of amides is 3. The summed E-state index contributed by atoms with van der Waals surface area (Å²) in [7, 11) is 1.79. The van der Waals surface area contributed by atoms with Crippen molar-refractivity contribution >= 4 is 40.5 Å². The molecule has 0 aliphatic carbocycles. The van der Waals surface area contributed by atoms with Crippen LogP contribution in [0.1, 0.15) is 27.0 Å². The van der Waals surface area contributed by atoms with Crippen LogP contribution in [0, 0.1) is 6.92 Å². The number of para-hydroxylation sites is 1. The van der Waals surface area contributed by atoms with Crippen LogP contribution in [0.5, 0.6) is 0 Å². The SMILES string of the molecule is CNc1cccc(NC(=O)NC2N=C(c3ccccc3)c3ccccc3N(CC(=O)c3ccc(C)cc3)C2=O)c1. The van der Waals surface area contributed by atoms with Crippen LogP contribution in [-0.4, -0.2) is 43.2 Å². The van der Waals surface area contributed by atoms with Gasteiger partial charge in [0.1, 0.15) is 0 Å². The highest BCUT2D eigenvalue weighted by Crippen LogP contribution is 2.28. The lowest BCUT2D eigenvalue weighted by atomic mass is 10.00. The van der Waals surface area contributed by atoms with Gasteiger partial charge in [-0.05, 0) is 31.2 Å². The zero-order valence-corrected chi connectivity index (χ0v) is 22.2. The molecule has 1 aliphatic heterocycles. The molecule has 200 valence electrons. The Morgan fingerprint density at radius 3 is 2.30 bits per heavy atom. The van der Waals surface area contributed by atoms with Gasteiger partial charge in [0.2, 0.25) is 6.17 Å². The molecule has 1 aliphatic rings. The van der Waals surface area contributed by atoms with E-state index in [2.05, 4.69) is 16.0 Å². The van der Waals surface area contributed by atoms with Crippen LogP contribution in [0.15, 0.2) is 108 Å². The van der Waals surface area contributed by atoms with Crippen molar-refractivity contribution in [2.75, 3.05) is 29.1 Å². The number of nitrogens with zero attached hydrogens (tertiary/aromatic N) is 2. The number of rotatable bonds is 7. The molecule has 8 nitrogen and oxygen atoms in total. The largest absolute Gasteiger partial charge is 0.388 e. The standard InChI is InChI=1S/C32H29N5O3/c1-21-15-17-22(18-16-21)28(38)20-37-27-14-7-6-13-26(27)29(23-9-4-3-5-10-23)35-30(31(37)39)36-32(40)34-25-12-8-11-24(19-25)33-2/h3-19,30,33H,20H2,1-2H3,(H2,34,36,40). The number of aliphatic imine (C=N–C) groups is 1. The van der Waals surface area contributed by atoms with Gasteiger partial charge in [0.15, 0.2) is 5.78 Å². The number of benzene rings is 4. The van der Waals surface area contributed by atoms with Crippen molar-refractivity contribution in [2.45, 2.75) is 13.1 Å². The smallest absolute Gasteiger partial charge is 0.321 e. The summed E-state index contributed by atoms with van der Waals surface area (Å²) in [5.41, 5.74) is 5.45. The summed E-state index contributed by atoms with van der Waals surface area (Å²) in [6, 6.07) is 30.6. The van der Waals surface area contributed by atoms with Crippen LogP contribution in [0.4, 0.5) is 21.9 Å². The Bertz CT molecular complexity index is 1580. The van der Waals surface area contributed by atoms with E-state index in [1.54, 1.807) is 43.4 Å². The molecule has 8 heteroatoms. The predicted octanol–water partition coefficient (Wildman–Crippen LogP) is 5.25. The second-order valence-corrected chi connectivity index (χ2v) is 9.41. The van der Waals surface area contributed by atoms with Crippen molar-refractivity contribution in [3.05, 3.63) is 125 Å². The molecule has 0 saturated heterocycles. The van der Waals surface area contributed by atoms with Gasteiger partial charge in [-0.2, -0.15) is 0 Å². The number of benzodiazepines with no additional fused rings is 1. The lowest BCUT2D eigenvalue weighted by Gasteiger charge is -2.25. The Hall–Kier alpha value is -5.24. The monoisotopic (exact) mass is 531 g/mol. The molecule has 4 aromatic carbocycles. The van der Waals surface area contributed by atoms with Crippen LogP contribution in [0.3, 0.4) is 0 Å². The van der Waals surface area contributed by atoms with E-state index in [4.69, 9.17) is 4.99 Å². The zero-order chi connectivity index (χ0) is 28.1. The number of carbonyl (C=O) groups is 3. The molecule has 0 radical (unpaired) electrons. The number of nitrogens with one attached hydrogen (secondary N) is 3. The van der Waals surface area contributed by atoms with Gasteiger partial charge >= 0.3 is 6.03 Å². The minimum Gasteiger partial charge on any atom is -0.388 e. The molecule has 0 aromatic heterocycles. The molecule has 1 unspecified atom stereocenters. The second kappa shape index (κ2) is 11.7. The Balaban J connectivity index is 1.52. The van der Waals surface area contributed by atoms with Crippen molar-refractivity contribution < 1.29 is 14.4 Å². The molecule has 1 heterocycles. The van der Waals surface area contributed by atoms with Crippen molar-refractivity contribution in [1.82, 2.24) is 5.32 Å². The van der Waals surface area contributed by atoms with E-state index in [0.29, 0.717) is 28.2 Å². The fraction of sp³-hybridized carbons (Fsp3) is 0.125. The first-order valence-corrected chi connectivity index (χ1v) is 12.9. The van der Waals surface area contributed by atoms with Gasteiger partial charge in [-0.15, -0.1) is 0 Å². The highest BCUT2D eigenvalue weighted by atomic mass is 16.2. The van der Waals surface area contributed by atoms with Gasteiger partial charge < -0.3 is 20.9 Å². The Morgan fingerprint density at radius 1 is 0.850 bits per heavy atom. The van der Waals surface area contributed by atoms with Crippen molar-refractivity contribution in [1.29, 1.82) is 0 Å². The number of carbonyl (C=O) groups excluding carboxylic acids is 3. The van der Waals surface area contributed by atoms with E-state index in [1.807, 2.05) is 73.7 Å². The highest BCUT2D eigenvalue weighted by molar-refractivity contribution is 6.21. The van der Waals surface area contributed by atoms with Gasteiger partial charge in [-0.1, -0.05) is 84.4 Å². The quantitative estimate of drug-likeness (QED) is 0.283. The van der Waals surface area contributed by atoms with Crippen molar-refractivity contribution in [3.63, 3.8) is 0 Å². The number of hydrogen-bond donors (Lipinski definition) is 3. The van der Waals surface area contributed by atoms with Crippen LogP contribution in [0.2, 0.25) is 0 Å². The number of aryl methyl sites for hydroxylation is 1. The summed E-state index contributed by atoms with van der Waals surface area (Å²) in [6.45, 7) is 1.74. The van der Waals surface area contributed by atoms with Crippen LogP contribution < -0.4 is 20.9 Å². The summed E-state index contributed by atoms with van der Waals surface area (Å²) in [4.78, 5) is 46.6. The van der Waals surface area contributed by atoms with Gasteiger partial charge in [0.05, 0.1) is 17.9 Å². The van der Waals surface area contributed by atoms with E-state index in [-0.39, 0.29) is 12.3 Å². The number of hydrogen-bond acceptors (Lipinski definition) is 5. The van der Waals surface area contributed by atoms with E-state index in [1.165, 1.54) is 4.90 Å². The van der Waals surface area contributed by atoms with E-state index >= 15 is 0 Å². The molecule has 5 rings (SSSR count). The minimum atomic E-state index is -1.28. The van der Waals surface area contributed by atoms with Crippen molar-refractivity contribution in [2.24, 2.45) is 4.99 Å². The number of urea groups is 1. The normalized spacial score (nSPS) is 14.4. The topological polar surface area (TPSA) is 103 Å². The molecule has 0 spiro atoms. The molecule has 40 heavy (non-hydrogen) atoms. The predicted molar refractivity (Wildman–Crippen MR) is 158 cm³/mol. The van der Waals surface area contributed by atoms with Gasteiger partial charge in [0, 0.05) is 35.1 Å². The molecule has 4 aromatic rings. The Kier molecular flexibility index (Phi) is 7.68. The first-order valence-electron chi connectivity index (χ1n) is 12.9. The summed E-state index contributed by atoms with van der Waals surface area (Å²) in [6.07, 6.45) is -1.28. The average Bonchev–Trinajstić information content (AvgIpc) is 3.08. The van der Waals surface area contributed by atoms with Crippen LogP contribution in [0.25, 0.3) is 0 Å². The average molecular weight is 532 g/mol. The summed E-state index contributed by atoms with van der Waals surface area (Å²) in [5, 5.41) is 8.52. The lowest BCUT2D eigenvalue weighted by molar-refractivity contribution is -0.120. The number of Topliss-reactive ketones (excluding diaryl/α,β-unsaturated/α-hetero) is 1. The van der Waals surface area contributed by atoms with Gasteiger partial charge in [0.25, 0.3) is 5.91 Å². The second-order valence-electron chi connectivity index (χ2n) is 9.41. The van der Waals surface area contributed by atoms with Crippen molar-refractivity contribution in [3.8, 4) is 0 Å². The maximum absolute atomic E-state index is 14.0. The minimum absolute atomic E-state index is 0.208. The van der Waals surface area contributed by atoms with E-state index in [9.17, 15) is 14.4 Å². The molecule has 3 amide bonds. The van der Waals surface area contributed by atoms with E-state index in [0.717, 1.165) is 16.8 Å². The summed E-state index contributed by atoms with van der Waals surface area (Å²) < 4.78 is 0. The Labute approximate surface area is 232 Å². The molecule has 0 bridgehead atoms. The zero-order valence-electron chi connectivity index (χ0n) is 22.2. The first-order chi connectivity index (χ1) is 19.4. The summed E-state index contributed by atoms with van der Waals surface area (Å²) in [5.74, 6) is -0.739. The van der Waals surface area contributed by atoms with Gasteiger partial charge in [-0.25, -0.2) is 9.79 Å². The highest BCUT2D eigenvalue weighted by Gasteiger charge is 2.34. The first kappa shape index (κ1) is 26.4. The summed E-state index contributed by atoms with van der Waals surface area (Å²) >= 11 is 0. The molecular weight excluding hydrogens is 502 g/mol. The fourth-order valence-corrected chi connectivity index (χ4v) is 4.53. The maximum atomic E-state index is 14.0. The van der Waals surface area contributed by atoms with E-state index < -0.39 is 18.1 Å².